The van der Waals surface area contributed by atoms with Crippen LogP contribution in [0.4, 0.5) is 0 Å². The van der Waals surface area contributed by atoms with E-state index in [-0.39, 0.29) is 18.7 Å². The highest BCUT2D eigenvalue weighted by Crippen LogP contribution is 2.29. The van der Waals surface area contributed by atoms with Crippen molar-refractivity contribution in [2.24, 2.45) is 0 Å². The second-order valence-corrected chi connectivity index (χ2v) is 5.80. The zero-order chi connectivity index (χ0) is 16.7. The minimum absolute atomic E-state index is 0.119. The molecule has 0 saturated carbocycles. The first-order valence-corrected chi connectivity index (χ1v) is 7.43. The Bertz CT molecular complexity index is 741. The summed E-state index contributed by atoms with van der Waals surface area (Å²) in [5.74, 6) is -1.92. The smallest absolute Gasteiger partial charge is 0.262 e. The van der Waals surface area contributed by atoms with E-state index in [0.29, 0.717) is 17.7 Å². The van der Waals surface area contributed by atoms with E-state index in [2.05, 4.69) is 10.6 Å². The highest BCUT2D eigenvalue weighted by atomic mass is 16.2. The van der Waals surface area contributed by atoms with Gasteiger partial charge in [0.1, 0.15) is 6.04 Å². The maximum Gasteiger partial charge on any atom is 0.262 e. The lowest BCUT2D eigenvalue weighted by Gasteiger charge is -2.27. The lowest BCUT2D eigenvalue weighted by atomic mass is 10.0. The van der Waals surface area contributed by atoms with E-state index < -0.39 is 23.8 Å². The fraction of sp³-hybridized carbons (Fsp3) is 0.375. The molecule has 2 aliphatic rings. The van der Waals surface area contributed by atoms with Gasteiger partial charge in [-0.2, -0.15) is 0 Å². The molecule has 2 aliphatic heterocycles. The summed E-state index contributed by atoms with van der Waals surface area (Å²) in [5.41, 5.74) is 2.47. The van der Waals surface area contributed by atoms with Gasteiger partial charge in [0.15, 0.2) is 0 Å². The van der Waals surface area contributed by atoms with Crippen molar-refractivity contribution in [1.82, 2.24) is 15.5 Å². The molecule has 23 heavy (non-hydrogen) atoms. The van der Waals surface area contributed by atoms with Crippen LogP contribution in [0.3, 0.4) is 0 Å². The van der Waals surface area contributed by atoms with Gasteiger partial charge in [-0.05, 0) is 43.7 Å². The molecule has 0 radical (unpaired) electrons. The maximum absolute atomic E-state index is 12.6. The van der Waals surface area contributed by atoms with Gasteiger partial charge >= 0.3 is 0 Å². The van der Waals surface area contributed by atoms with Gasteiger partial charge in [0.25, 0.3) is 11.8 Å². The Kier molecular flexibility index (Phi) is 3.73. The standard InChI is InChI=1S/C16H17N3O4/c1-8-5-10-11(6-9(8)7-17-2)16(23)19(15(10)22)12-3-4-13(20)18-14(12)21/h5-6,12,17H,3-4,7H2,1-2H3,(H,18,20,21). The lowest BCUT2D eigenvalue weighted by Crippen LogP contribution is -2.54. The molecule has 1 aromatic carbocycles. The minimum Gasteiger partial charge on any atom is -0.316 e. The Morgan fingerprint density at radius 3 is 2.43 bits per heavy atom. The number of benzene rings is 1. The quantitative estimate of drug-likeness (QED) is 0.772. The Balaban J connectivity index is 1.97. The van der Waals surface area contributed by atoms with Gasteiger partial charge in [0.05, 0.1) is 11.1 Å². The number of hydrogen-bond donors (Lipinski definition) is 2. The van der Waals surface area contributed by atoms with Crippen molar-refractivity contribution in [1.29, 1.82) is 0 Å². The van der Waals surface area contributed by atoms with Crippen LogP contribution in [-0.4, -0.2) is 41.6 Å². The summed E-state index contributed by atoms with van der Waals surface area (Å²) >= 11 is 0. The molecule has 2 N–H and O–H groups in total. The molecule has 1 aromatic rings. The SMILES string of the molecule is CNCc1cc2c(cc1C)C(=O)N(C1CCC(=O)NC1=O)C2=O. The highest BCUT2D eigenvalue weighted by molar-refractivity contribution is 6.23. The number of aryl methyl sites for hydroxylation is 1. The predicted molar refractivity (Wildman–Crippen MR) is 80.6 cm³/mol. The van der Waals surface area contributed by atoms with Gasteiger partial charge in [-0.1, -0.05) is 0 Å². The molecule has 120 valence electrons. The summed E-state index contributed by atoms with van der Waals surface area (Å²) in [5, 5.41) is 5.20. The number of carbonyl (C=O) groups is 4. The van der Waals surface area contributed by atoms with Gasteiger partial charge in [0, 0.05) is 13.0 Å². The third-order valence-electron chi connectivity index (χ3n) is 4.26. The van der Waals surface area contributed by atoms with Gasteiger partial charge in [-0.25, -0.2) is 0 Å². The molecule has 1 fully saturated rings. The van der Waals surface area contributed by atoms with Crippen molar-refractivity contribution in [2.45, 2.75) is 32.4 Å². The summed E-state index contributed by atoms with van der Waals surface area (Å²) in [6.07, 6.45) is 0.284. The first-order chi connectivity index (χ1) is 10.9. The van der Waals surface area contributed by atoms with Gasteiger partial charge in [0.2, 0.25) is 11.8 Å². The summed E-state index contributed by atoms with van der Waals surface area (Å²) in [7, 11) is 1.80. The average molecular weight is 315 g/mol. The van der Waals surface area contributed by atoms with Gasteiger partial charge in [-0.3, -0.25) is 29.4 Å². The Morgan fingerprint density at radius 2 is 1.83 bits per heavy atom. The number of rotatable bonds is 3. The fourth-order valence-corrected chi connectivity index (χ4v) is 3.05. The zero-order valence-corrected chi connectivity index (χ0v) is 12.9. The van der Waals surface area contributed by atoms with Crippen molar-refractivity contribution in [2.75, 3.05) is 7.05 Å². The van der Waals surface area contributed by atoms with E-state index in [0.717, 1.165) is 16.0 Å². The number of carbonyl (C=O) groups excluding carboxylic acids is 4. The molecular formula is C16H17N3O4. The minimum atomic E-state index is -0.923. The summed E-state index contributed by atoms with van der Waals surface area (Å²) in [6.45, 7) is 2.46. The van der Waals surface area contributed by atoms with Crippen LogP contribution in [-0.2, 0) is 16.1 Å². The van der Waals surface area contributed by atoms with E-state index in [9.17, 15) is 19.2 Å². The molecule has 4 amide bonds. The lowest BCUT2D eigenvalue weighted by molar-refractivity contribution is -0.136. The second kappa shape index (κ2) is 5.58. The molecule has 7 nitrogen and oxygen atoms in total. The molecule has 0 aromatic heterocycles. The number of nitrogens with one attached hydrogen (secondary N) is 2. The fourth-order valence-electron chi connectivity index (χ4n) is 3.05. The predicted octanol–water partition coefficient (Wildman–Crippen LogP) is 0.116. The summed E-state index contributed by atoms with van der Waals surface area (Å²) in [4.78, 5) is 49.4. The highest BCUT2D eigenvalue weighted by Gasteiger charge is 2.44. The molecule has 1 atom stereocenters. The molecule has 2 heterocycles. The van der Waals surface area contributed by atoms with Crippen LogP contribution >= 0.6 is 0 Å². The number of piperidine rings is 1. The second-order valence-electron chi connectivity index (χ2n) is 5.80. The van der Waals surface area contributed by atoms with E-state index in [1.165, 1.54) is 0 Å². The number of amides is 4. The van der Waals surface area contributed by atoms with Crippen molar-refractivity contribution in [3.63, 3.8) is 0 Å². The Labute approximate surface area is 133 Å². The summed E-state index contributed by atoms with van der Waals surface area (Å²) in [6, 6.07) is 2.47. The first-order valence-electron chi connectivity index (χ1n) is 7.43. The first kappa shape index (κ1) is 15.4. The molecule has 1 saturated heterocycles. The van der Waals surface area contributed by atoms with Crippen molar-refractivity contribution >= 4 is 23.6 Å². The van der Waals surface area contributed by atoms with Gasteiger partial charge in [-0.15, -0.1) is 0 Å². The maximum atomic E-state index is 12.6. The van der Waals surface area contributed by atoms with Crippen LogP contribution in [0, 0.1) is 6.92 Å². The molecule has 7 heteroatoms. The van der Waals surface area contributed by atoms with E-state index >= 15 is 0 Å². The largest absolute Gasteiger partial charge is 0.316 e. The topological polar surface area (TPSA) is 95.6 Å². The Morgan fingerprint density at radius 1 is 1.17 bits per heavy atom. The summed E-state index contributed by atoms with van der Waals surface area (Å²) < 4.78 is 0. The van der Waals surface area contributed by atoms with E-state index in [1.54, 1.807) is 19.2 Å². The number of fused-ring (bicyclic) bond motifs is 1. The number of hydrogen-bond acceptors (Lipinski definition) is 5. The van der Waals surface area contributed by atoms with Crippen LogP contribution in [0.15, 0.2) is 12.1 Å². The number of nitrogens with zero attached hydrogens (tertiary/aromatic N) is 1. The van der Waals surface area contributed by atoms with Crippen molar-refractivity contribution in [3.8, 4) is 0 Å². The van der Waals surface area contributed by atoms with Crippen LogP contribution in [0.1, 0.15) is 44.7 Å². The van der Waals surface area contributed by atoms with E-state index in [1.807, 2.05) is 6.92 Å². The van der Waals surface area contributed by atoms with Gasteiger partial charge < -0.3 is 5.32 Å². The van der Waals surface area contributed by atoms with Crippen LogP contribution in [0.2, 0.25) is 0 Å². The molecule has 0 bridgehead atoms. The van der Waals surface area contributed by atoms with Crippen molar-refractivity contribution in [3.05, 3.63) is 34.4 Å². The number of imide groups is 2. The molecular weight excluding hydrogens is 298 g/mol. The third-order valence-corrected chi connectivity index (χ3v) is 4.26. The Hall–Kier alpha value is -2.54. The van der Waals surface area contributed by atoms with Crippen LogP contribution in [0.25, 0.3) is 0 Å². The molecule has 0 aliphatic carbocycles. The average Bonchev–Trinajstić information content (AvgIpc) is 2.72. The van der Waals surface area contributed by atoms with E-state index in [4.69, 9.17) is 0 Å². The molecule has 3 rings (SSSR count). The third kappa shape index (κ3) is 2.43. The van der Waals surface area contributed by atoms with Crippen LogP contribution in [0.5, 0.6) is 0 Å². The molecule has 1 unspecified atom stereocenters. The normalized spacial score (nSPS) is 20.8. The monoisotopic (exact) mass is 315 g/mol. The van der Waals surface area contributed by atoms with Crippen molar-refractivity contribution < 1.29 is 19.2 Å². The van der Waals surface area contributed by atoms with Crippen LogP contribution < -0.4 is 10.6 Å². The molecule has 0 spiro atoms. The zero-order valence-electron chi connectivity index (χ0n) is 12.9.